The molecule has 0 spiro atoms. The monoisotopic (exact) mass is 364 g/mol. The van der Waals surface area contributed by atoms with Crippen LogP contribution in [-0.4, -0.2) is 29.0 Å². The normalized spacial score (nSPS) is 26.2. The van der Waals surface area contributed by atoms with Crippen molar-refractivity contribution in [2.24, 2.45) is 5.92 Å². The van der Waals surface area contributed by atoms with Crippen molar-refractivity contribution in [3.8, 4) is 5.75 Å². The Hall–Kier alpha value is -2.82. The van der Waals surface area contributed by atoms with Gasteiger partial charge in [0.1, 0.15) is 11.7 Å². The molecular weight excluding hydrogens is 340 g/mol. The second-order valence-corrected chi connectivity index (χ2v) is 7.54. The molecule has 1 saturated heterocycles. The second-order valence-electron chi connectivity index (χ2n) is 7.54. The van der Waals surface area contributed by atoms with E-state index in [-0.39, 0.29) is 17.7 Å². The standard InChI is InChI=1S/C22H24N2O3/c1-4-24-21(26)19(20(25)23-15-11-9-14(2)10-12-15)17-13-22(24,3)27-18-8-6-5-7-16(17)18/h5-12,17,19H,4,13H2,1-3H3,(H,23,25). The molecule has 5 heteroatoms. The van der Waals surface area contributed by atoms with E-state index >= 15 is 0 Å². The lowest BCUT2D eigenvalue weighted by atomic mass is 9.73. The van der Waals surface area contributed by atoms with Crippen LogP contribution in [0, 0.1) is 12.8 Å². The number of ether oxygens (including phenoxy) is 1. The van der Waals surface area contributed by atoms with E-state index in [0.29, 0.717) is 18.7 Å². The van der Waals surface area contributed by atoms with Gasteiger partial charge < -0.3 is 15.0 Å². The maximum Gasteiger partial charge on any atom is 0.238 e. The third kappa shape index (κ3) is 2.87. The Morgan fingerprint density at radius 3 is 2.63 bits per heavy atom. The molecule has 27 heavy (non-hydrogen) atoms. The summed E-state index contributed by atoms with van der Waals surface area (Å²) in [6.45, 7) is 6.35. The molecule has 3 atom stereocenters. The number of hydrogen-bond donors (Lipinski definition) is 1. The van der Waals surface area contributed by atoms with Gasteiger partial charge in [0.05, 0.1) is 0 Å². The fourth-order valence-electron chi connectivity index (χ4n) is 4.35. The van der Waals surface area contributed by atoms with Crippen LogP contribution in [0.1, 0.15) is 37.3 Å². The lowest BCUT2D eigenvalue weighted by Crippen LogP contribution is -2.64. The zero-order valence-corrected chi connectivity index (χ0v) is 15.9. The van der Waals surface area contributed by atoms with E-state index in [2.05, 4.69) is 5.32 Å². The van der Waals surface area contributed by atoms with E-state index in [0.717, 1.165) is 16.9 Å². The molecule has 2 heterocycles. The fraction of sp³-hybridized carbons (Fsp3) is 0.364. The van der Waals surface area contributed by atoms with Crippen LogP contribution in [0.3, 0.4) is 0 Å². The molecule has 1 fully saturated rings. The van der Waals surface area contributed by atoms with E-state index < -0.39 is 11.6 Å². The molecule has 4 rings (SSSR count). The van der Waals surface area contributed by atoms with Crippen LogP contribution in [-0.2, 0) is 9.59 Å². The average Bonchev–Trinajstić information content (AvgIpc) is 2.63. The summed E-state index contributed by atoms with van der Waals surface area (Å²) >= 11 is 0. The van der Waals surface area contributed by atoms with Crippen LogP contribution in [0.5, 0.6) is 5.75 Å². The number of piperidine rings is 1. The number of nitrogens with zero attached hydrogens (tertiary/aromatic N) is 1. The Bertz CT molecular complexity index is 893. The van der Waals surface area contributed by atoms with Gasteiger partial charge in [0.2, 0.25) is 11.8 Å². The molecule has 0 aromatic heterocycles. The minimum absolute atomic E-state index is 0.171. The van der Waals surface area contributed by atoms with E-state index in [4.69, 9.17) is 4.74 Å². The van der Waals surface area contributed by atoms with E-state index in [9.17, 15) is 9.59 Å². The highest BCUT2D eigenvalue weighted by atomic mass is 16.5. The molecule has 2 bridgehead atoms. The third-order valence-electron chi connectivity index (χ3n) is 5.67. The zero-order valence-electron chi connectivity index (χ0n) is 15.9. The zero-order chi connectivity index (χ0) is 19.2. The van der Waals surface area contributed by atoms with Crippen molar-refractivity contribution in [3.63, 3.8) is 0 Å². The summed E-state index contributed by atoms with van der Waals surface area (Å²) in [7, 11) is 0. The van der Waals surface area contributed by atoms with Crippen molar-refractivity contribution < 1.29 is 14.3 Å². The Balaban J connectivity index is 1.72. The summed E-state index contributed by atoms with van der Waals surface area (Å²) < 4.78 is 6.20. The van der Waals surface area contributed by atoms with Crippen molar-refractivity contribution in [3.05, 3.63) is 59.7 Å². The van der Waals surface area contributed by atoms with Crippen molar-refractivity contribution in [1.82, 2.24) is 4.90 Å². The first-order chi connectivity index (χ1) is 12.9. The van der Waals surface area contributed by atoms with Crippen molar-refractivity contribution in [2.45, 2.75) is 38.8 Å². The molecule has 1 N–H and O–H groups in total. The minimum atomic E-state index is -0.760. The third-order valence-corrected chi connectivity index (χ3v) is 5.67. The Kier molecular flexibility index (Phi) is 4.17. The van der Waals surface area contributed by atoms with Crippen LogP contribution < -0.4 is 10.1 Å². The molecule has 140 valence electrons. The summed E-state index contributed by atoms with van der Waals surface area (Å²) in [5, 5.41) is 2.93. The predicted octanol–water partition coefficient (Wildman–Crippen LogP) is 3.69. The fourth-order valence-corrected chi connectivity index (χ4v) is 4.35. The van der Waals surface area contributed by atoms with Gasteiger partial charge in [0.25, 0.3) is 0 Å². The van der Waals surface area contributed by atoms with Crippen molar-refractivity contribution in [1.29, 1.82) is 0 Å². The van der Waals surface area contributed by atoms with Gasteiger partial charge in [-0.15, -0.1) is 0 Å². The summed E-state index contributed by atoms with van der Waals surface area (Å²) in [6, 6.07) is 15.3. The number of carbonyl (C=O) groups excluding carboxylic acids is 2. The highest BCUT2D eigenvalue weighted by Crippen LogP contribution is 2.50. The molecule has 2 aliphatic heterocycles. The van der Waals surface area contributed by atoms with Gasteiger partial charge in [-0.3, -0.25) is 9.59 Å². The van der Waals surface area contributed by atoms with Gasteiger partial charge in [0, 0.05) is 24.6 Å². The number of anilines is 1. The van der Waals surface area contributed by atoms with Gasteiger partial charge in [-0.1, -0.05) is 35.9 Å². The van der Waals surface area contributed by atoms with Crippen LogP contribution >= 0.6 is 0 Å². The summed E-state index contributed by atoms with van der Waals surface area (Å²) in [6.07, 6.45) is 0.607. The van der Waals surface area contributed by atoms with Gasteiger partial charge in [-0.05, 0) is 44.5 Å². The molecule has 5 nitrogen and oxygen atoms in total. The molecule has 2 aromatic rings. The molecule has 3 unspecified atom stereocenters. The Morgan fingerprint density at radius 2 is 1.93 bits per heavy atom. The second kappa shape index (κ2) is 6.41. The molecule has 0 saturated carbocycles. The van der Waals surface area contributed by atoms with Crippen LogP contribution in [0.15, 0.2) is 48.5 Å². The summed E-state index contributed by atoms with van der Waals surface area (Å²) in [4.78, 5) is 28.1. The van der Waals surface area contributed by atoms with E-state index in [1.807, 2.05) is 69.3 Å². The number of rotatable bonds is 3. The maximum atomic E-state index is 13.3. The quantitative estimate of drug-likeness (QED) is 0.845. The number of aryl methyl sites for hydroxylation is 1. The first-order valence-electron chi connectivity index (χ1n) is 9.40. The van der Waals surface area contributed by atoms with Crippen LogP contribution in [0.25, 0.3) is 0 Å². The molecule has 2 aliphatic rings. The number of amides is 2. The van der Waals surface area contributed by atoms with Crippen molar-refractivity contribution in [2.75, 3.05) is 11.9 Å². The SMILES string of the molecule is CCN1C(=O)C(C(=O)Nc2ccc(C)cc2)C2CC1(C)Oc1ccccc12. The highest BCUT2D eigenvalue weighted by molar-refractivity contribution is 6.08. The largest absolute Gasteiger partial charge is 0.468 e. The molecular formula is C22H24N2O3. The highest BCUT2D eigenvalue weighted by Gasteiger charge is 2.55. The number of likely N-dealkylation sites (tertiary alicyclic amines) is 1. The summed E-state index contributed by atoms with van der Waals surface area (Å²) in [5.74, 6) is -0.623. The van der Waals surface area contributed by atoms with Crippen molar-refractivity contribution >= 4 is 17.5 Å². The first-order valence-corrected chi connectivity index (χ1v) is 9.40. The number of nitrogens with one attached hydrogen (secondary N) is 1. The predicted molar refractivity (Wildman–Crippen MR) is 104 cm³/mol. The Morgan fingerprint density at radius 1 is 1.22 bits per heavy atom. The van der Waals surface area contributed by atoms with E-state index in [1.165, 1.54) is 0 Å². The smallest absolute Gasteiger partial charge is 0.238 e. The number of para-hydroxylation sites is 1. The number of benzene rings is 2. The lowest BCUT2D eigenvalue weighted by molar-refractivity contribution is -0.174. The van der Waals surface area contributed by atoms with Gasteiger partial charge in [-0.25, -0.2) is 0 Å². The average molecular weight is 364 g/mol. The molecule has 0 aliphatic carbocycles. The minimum Gasteiger partial charge on any atom is -0.468 e. The van der Waals surface area contributed by atoms with Gasteiger partial charge in [0.15, 0.2) is 5.72 Å². The number of fused-ring (bicyclic) bond motifs is 4. The Labute approximate surface area is 159 Å². The first kappa shape index (κ1) is 17.6. The van der Waals surface area contributed by atoms with Gasteiger partial charge in [-0.2, -0.15) is 0 Å². The summed E-state index contributed by atoms with van der Waals surface area (Å²) in [5.41, 5.74) is 2.04. The van der Waals surface area contributed by atoms with Crippen LogP contribution in [0.2, 0.25) is 0 Å². The molecule has 0 radical (unpaired) electrons. The van der Waals surface area contributed by atoms with E-state index in [1.54, 1.807) is 4.90 Å². The lowest BCUT2D eigenvalue weighted by Gasteiger charge is -2.52. The number of hydrogen-bond acceptors (Lipinski definition) is 3. The topological polar surface area (TPSA) is 58.6 Å². The molecule has 2 amide bonds. The molecule has 2 aromatic carbocycles. The van der Waals surface area contributed by atoms with Gasteiger partial charge >= 0.3 is 0 Å². The van der Waals surface area contributed by atoms with Crippen LogP contribution in [0.4, 0.5) is 5.69 Å². The maximum absolute atomic E-state index is 13.3. The number of carbonyl (C=O) groups is 2.